The van der Waals surface area contributed by atoms with E-state index >= 15 is 0 Å². The zero-order valence-corrected chi connectivity index (χ0v) is 11.9. The molecule has 0 saturated heterocycles. The molecule has 112 valence electrons. The van der Waals surface area contributed by atoms with Crippen molar-refractivity contribution in [2.45, 2.75) is 0 Å². The smallest absolute Gasteiger partial charge is 0.270 e. The number of nitro benzene ring substituents is 1. The lowest BCUT2D eigenvalue weighted by Gasteiger charge is -2.04. The molecule has 0 aliphatic carbocycles. The molecule has 0 heterocycles. The van der Waals surface area contributed by atoms with Gasteiger partial charge in [-0.15, -0.1) is 0 Å². The van der Waals surface area contributed by atoms with Gasteiger partial charge in [0.25, 0.3) is 5.69 Å². The largest absolute Gasteiger partial charge is 0.320 e. The van der Waals surface area contributed by atoms with Gasteiger partial charge in [-0.1, -0.05) is 23.7 Å². The van der Waals surface area contributed by atoms with Crippen molar-refractivity contribution in [2.24, 2.45) is 0 Å². The molecule has 0 fully saturated rings. The molecule has 2 aromatic rings. The number of hydrogen-bond acceptors (Lipinski definition) is 3. The number of rotatable bonds is 4. The Morgan fingerprint density at radius 3 is 2.77 bits per heavy atom. The van der Waals surface area contributed by atoms with Gasteiger partial charge in [0.2, 0.25) is 5.91 Å². The van der Waals surface area contributed by atoms with E-state index in [1.54, 1.807) is 6.07 Å². The fraction of sp³-hybridized carbons (Fsp3) is 0. The standard InChI is InChI=1S/C15H10ClFN2O3/c16-11-5-6-13(17)14(9-11)18-15(20)7-4-10-2-1-3-12(8-10)19(21)22/h1-9H,(H,18,20)/b7-4+. The lowest BCUT2D eigenvalue weighted by Crippen LogP contribution is -2.09. The van der Waals surface area contributed by atoms with Crippen molar-refractivity contribution in [3.63, 3.8) is 0 Å². The van der Waals surface area contributed by atoms with Gasteiger partial charge in [-0.2, -0.15) is 0 Å². The second kappa shape index (κ2) is 6.82. The number of halogens is 2. The Bertz CT molecular complexity index is 762. The fourth-order valence-electron chi connectivity index (χ4n) is 1.68. The minimum Gasteiger partial charge on any atom is -0.320 e. The van der Waals surface area contributed by atoms with Crippen molar-refractivity contribution < 1.29 is 14.1 Å². The molecule has 0 radical (unpaired) electrons. The summed E-state index contributed by atoms with van der Waals surface area (Å²) in [7, 11) is 0. The van der Waals surface area contributed by atoms with Gasteiger partial charge in [0.1, 0.15) is 5.82 Å². The summed E-state index contributed by atoms with van der Waals surface area (Å²) in [5.41, 5.74) is 0.362. The van der Waals surface area contributed by atoms with Crippen molar-refractivity contribution in [3.05, 3.63) is 75.1 Å². The van der Waals surface area contributed by atoms with E-state index in [1.807, 2.05) is 0 Å². The molecule has 0 spiro atoms. The second-order valence-electron chi connectivity index (χ2n) is 4.30. The SMILES string of the molecule is O=C(/C=C/c1cccc([N+](=O)[O-])c1)Nc1cc(Cl)ccc1F. The lowest BCUT2D eigenvalue weighted by atomic mass is 10.2. The van der Waals surface area contributed by atoms with Gasteiger partial charge in [-0.3, -0.25) is 14.9 Å². The number of carbonyl (C=O) groups is 1. The summed E-state index contributed by atoms with van der Waals surface area (Å²) >= 11 is 5.72. The minimum absolute atomic E-state index is 0.0406. The maximum Gasteiger partial charge on any atom is 0.270 e. The zero-order valence-electron chi connectivity index (χ0n) is 11.1. The van der Waals surface area contributed by atoms with Gasteiger partial charge in [0.05, 0.1) is 10.6 Å². The monoisotopic (exact) mass is 320 g/mol. The van der Waals surface area contributed by atoms with Crippen LogP contribution in [0.2, 0.25) is 5.02 Å². The molecule has 0 unspecified atom stereocenters. The molecule has 1 amide bonds. The van der Waals surface area contributed by atoms with Gasteiger partial charge in [0, 0.05) is 23.2 Å². The van der Waals surface area contributed by atoms with Crippen molar-refractivity contribution >= 4 is 35.0 Å². The van der Waals surface area contributed by atoms with Crippen LogP contribution in [-0.4, -0.2) is 10.8 Å². The Kier molecular flexibility index (Phi) is 4.85. The van der Waals surface area contributed by atoms with Crippen LogP contribution in [0.25, 0.3) is 6.08 Å². The molecule has 1 N–H and O–H groups in total. The molecule has 2 aromatic carbocycles. The predicted octanol–water partition coefficient (Wildman–Crippen LogP) is 4.04. The number of hydrogen-bond donors (Lipinski definition) is 1. The Balaban J connectivity index is 2.10. The highest BCUT2D eigenvalue weighted by Gasteiger charge is 2.06. The Morgan fingerprint density at radius 2 is 2.05 bits per heavy atom. The summed E-state index contributed by atoms with van der Waals surface area (Å²) in [4.78, 5) is 21.8. The molecular formula is C15H10ClFN2O3. The Hall–Kier alpha value is -2.73. The van der Waals surface area contributed by atoms with Crippen LogP contribution in [0.15, 0.2) is 48.5 Å². The van der Waals surface area contributed by atoms with Gasteiger partial charge < -0.3 is 5.32 Å². The molecule has 0 aliphatic heterocycles. The van der Waals surface area contributed by atoms with E-state index in [-0.39, 0.29) is 11.4 Å². The highest BCUT2D eigenvalue weighted by molar-refractivity contribution is 6.30. The first kappa shape index (κ1) is 15.7. The van der Waals surface area contributed by atoms with Crippen molar-refractivity contribution in [1.29, 1.82) is 0 Å². The van der Waals surface area contributed by atoms with E-state index in [0.717, 1.165) is 12.1 Å². The highest BCUT2D eigenvalue weighted by Crippen LogP contribution is 2.19. The van der Waals surface area contributed by atoms with E-state index in [4.69, 9.17) is 11.6 Å². The molecule has 0 aromatic heterocycles. The van der Waals surface area contributed by atoms with E-state index < -0.39 is 16.6 Å². The number of non-ortho nitro benzene ring substituents is 1. The second-order valence-corrected chi connectivity index (χ2v) is 4.74. The predicted molar refractivity (Wildman–Crippen MR) is 82.2 cm³/mol. The summed E-state index contributed by atoms with van der Waals surface area (Å²) in [5, 5.41) is 13.3. The maximum absolute atomic E-state index is 13.5. The molecular weight excluding hydrogens is 311 g/mol. The summed E-state index contributed by atoms with van der Waals surface area (Å²) < 4.78 is 13.5. The molecule has 2 rings (SSSR count). The first-order valence-corrected chi connectivity index (χ1v) is 6.52. The zero-order chi connectivity index (χ0) is 16.1. The van der Waals surface area contributed by atoms with Crippen LogP contribution in [0.5, 0.6) is 0 Å². The van der Waals surface area contributed by atoms with Crippen LogP contribution in [0.4, 0.5) is 15.8 Å². The Labute approximate surface area is 130 Å². The van der Waals surface area contributed by atoms with E-state index in [0.29, 0.717) is 10.6 Å². The van der Waals surface area contributed by atoms with Crippen LogP contribution >= 0.6 is 11.6 Å². The van der Waals surface area contributed by atoms with Crippen LogP contribution in [0, 0.1) is 15.9 Å². The first-order valence-electron chi connectivity index (χ1n) is 6.14. The quantitative estimate of drug-likeness (QED) is 0.525. The van der Waals surface area contributed by atoms with Crippen molar-refractivity contribution in [3.8, 4) is 0 Å². The fourth-order valence-corrected chi connectivity index (χ4v) is 1.85. The summed E-state index contributed by atoms with van der Waals surface area (Å²) in [6, 6.07) is 9.58. The van der Waals surface area contributed by atoms with Gasteiger partial charge in [-0.25, -0.2) is 4.39 Å². The molecule has 0 atom stereocenters. The third-order valence-corrected chi connectivity index (χ3v) is 2.93. The molecule has 0 saturated carbocycles. The van der Waals surface area contributed by atoms with Crippen molar-refractivity contribution in [2.75, 3.05) is 5.32 Å². The number of carbonyl (C=O) groups excluding carboxylic acids is 1. The van der Waals surface area contributed by atoms with Crippen LogP contribution < -0.4 is 5.32 Å². The van der Waals surface area contributed by atoms with Gasteiger partial charge in [0.15, 0.2) is 0 Å². The third kappa shape index (κ3) is 4.13. The number of nitrogens with zero attached hydrogens (tertiary/aromatic N) is 1. The van der Waals surface area contributed by atoms with Crippen LogP contribution in [0.3, 0.4) is 0 Å². The molecule has 22 heavy (non-hydrogen) atoms. The van der Waals surface area contributed by atoms with Crippen molar-refractivity contribution in [1.82, 2.24) is 0 Å². The molecule has 0 aliphatic rings. The topological polar surface area (TPSA) is 72.2 Å². The van der Waals surface area contributed by atoms with Gasteiger partial charge in [-0.05, 0) is 29.8 Å². The third-order valence-electron chi connectivity index (χ3n) is 2.69. The Morgan fingerprint density at radius 1 is 1.27 bits per heavy atom. The van der Waals surface area contributed by atoms with E-state index in [2.05, 4.69) is 5.32 Å². The molecule has 7 heteroatoms. The number of nitrogens with one attached hydrogen (secondary N) is 1. The average Bonchev–Trinajstić information content (AvgIpc) is 2.49. The first-order chi connectivity index (χ1) is 10.5. The maximum atomic E-state index is 13.5. The van der Waals surface area contributed by atoms with Crippen LogP contribution in [-0.2, 0) is 4.79 Å². The van der Waals surface area contributed by atoms with Gasteiger partial charge >= 0.3 is 0 Å². The molecule has 0 bridgehead atoms. The van der Waals surface area contributed by atoms with Crippen LogP contribution in [0.1, 0.15) is 5.56 Å². The van der Waals surface area contributed by atoms with E-state index in [9.17, 15) is 19.3 Å². The average molecular weight is 321 g/mol. The normalized spacial score (nSPS) is 10.6. The number of anilines is 1. The summed E-state index contributed by atoms with van der Waals surface area (Å²) in [6.45, 7) is 0. The molecule has 5 nitrogen and oxygen atoms in total. The minimum atomic E-state index is -0.610. The summed E-state index contributed by atoms with van der Waals surface area (Å²) in [5.74, 6) is -1.19. The number of benzene rings is 2. The highest BCUT2D eigenvalue weighted by atomic mass is 35.5. The summed E-state index contributed by atoms with van der Waals surface area (Å²) in [6.07, 6.45) is 2.55. The lowest BCUT2D eigenvalue weighted by molar-refractivity contribution is -0.384. The number of nitro groups is 1. The number of amides is 1. The van der Waals surface area contributed by atoms with E-state index in [1.165, 1.54) is 36.4 Å².